The van der Waals surface area contributed by atoms with Crippen LogP contribution in [-0.4, -0.2) is 79.3 Å². The normalized spacial score (nSPS) is 19.2. The van der Waals surface area contributed by atoms with E-state index in [9.17, 15) is 14.4 Å². The summed E-state index contributed by atoms with van der Waals surface area (Å²) in [5.74, 6) is -0.283. The number of para-hydroxylation sites is 1. The predicted molar refractivity (Wildman–Crippen MR) is 162 cm³/mol. The lowest BCUT2D eigenvalue weighted by Crippen LogP contribution is -2.51. The third kappa shape index (κ3) is 7.95. The summed E-state index contributed by atoms with van der Waals surface area (Å²) >= 11 is 6.53. The van der Waals surface area contributed by atoms with E-state index in [4.69, 9.17) is 26.2 Å². The molecule has 1 N–H and O–H groups in total. The molecule has 0 spiro atoms. The molecule has 1 saturated heterocycles. The first-order chi connectivity index (χ1) is 20.0. The Labute approximate surface area is 253 Å². The van der Waals surface area contributed by atoms with Crippen molar-refractivity contribution in [3.05, 3.63) is 58.6 Å². The minimum atomic E-state index is -0.815. The molecule has 2 aliphatic heterocycles. The van der Waals surface area contributed by atoms with Crippen LogP contribution in [0, 0.1) is 11.3 Å². The second-order valence-electron chi connectivity index (χ2n) is 12.3. The number of carbonyl (C=O) groups excluding carboxylic acids is 2. The minimum Gasteiger partial charge on any atom is -0.496 e. The van der Waals surface area contributed by atoms with E-state index in [-0.39, 0.29) is 36.2 Å². The Morgan fingerprint density at radius 2 is 1.76 bits per heavy atom. The number of hydrogen-bond donors (Lipinski definition) is 1. The van der Waals surface area contributed by atoms with Gasteiger partial charge in [0.25, 0.3) is 0 Å². The third-order valence-electron chi connectivity index (χ3n) is 7.72. The fraction of sp³-hybridized carbons (Fsp3) is 0.531. The number of amides is 3. The highest BCUT2D eigenvalue weighted by atomic mass is 35.5. The Bertz CT molecular complexity index is 1270. The van der Waals surface area contributed by atoms with Gasteiger partial charge in [0.1, 0.15) is 18.4 Å². The molecule has 10 heteroatoms. The molecule has 0 unspecified atom stereocenters. The van der Waals surface area contributed by atoms with E-state index in [1.165, 1.54) is 0 Å². The number of carboxylic acid groups (broad SMARTS) is 1. The number of piperidine rings is 1. The number of rotatable bonds is 5. The van der Waals surface area contributed by atoms with Crippen LogP contribution in [0.1, 0.15) is 63.7 Å². The molecule has 2 aliphatic rings. The van der Waals surface area contributed by atoms with Gasteiger partial charge in [0, 0.05) is 61.0 Å². The van der Waals surface area contributed by atoms with Crippen molar-refractivity contribution in [2.75, 3.05) is 51.3 Å². The van der Waals surface area contributed by atoms with Crippen LogP contribution in [0.3, 0.4) is 0 Å². The number of nitrogens with zero attached hydrogens (tertiary/aromatic N) is 3. The highest BCUT2D eigenvalue weighted by Gasteiger charge is 2.33. The number of anilines is 1. The number of halogens is 1. The number of benzene rings is 2. The first-order valence-corrected chi connectivity index (χ1v) is 14.9. The third-order valence-corrected chi connectivity index (χ3v) is 7.95. The molecule has 2 heterocycles. The summed E-state index contributed by atoms with van der Waals surface area (Å²) in [7, 11) is 1.62. The van der Waals surface area contributed by atoms with Crippen molar-refractivity contribution in [3.63, 3.8) is 0 Å². The minimum absolute atomic E-state index is 0.0571. The molecule has 0 saturated carbocycles. The Morgan fingerprint density at radius 1 is 1.05 bits per heavy atom. The van der Waals surface area contributed by atoms with Crippen LogP contribution in [0.25, 0.3) is 0 Å². The second kappa shape index (κ2) is 13.8. The Hall–Kier alpha value is -3.30. The van der Waals surface area contributed by atoms with Gasteiger partial charge < -0.3 is 29.3 Å². The molecule has 9 nitrogen and oxygen atoms in total. The largest absolute Gasteiger partial charge is 0.496 e. The van der Waals surface area contributed by atoms with Crippen molar-refractivity contribution in [3.8, 4) is 5.75 Å². The maximum Gasteiger partial charge on any atom is 0.320 e. The molecule has 0 bridgehead atoms. The van der Waals surface area contributed by atoms with Crippen molar-refractivity contribution in [2.24, 2.45) is 11.3 Å². The zero-order valence-corrected chi connectivity index (χ0v) is 25.7. The lowest BCUT2D eigenvalue weighted by atomic mass is 9.93. The molecule has 0 aliphatic carbocycles. The molecular weight excluding hydrogens is 558 g/mol. The number of likely N-dealkylation sites (tertiary alicyclic amines) is 1. The van der Waals surface area contributed by atoms with E-state index in [0.717, 1.165) is 11.1 Å². The average Bonchev–Trinajstić information content (AvgIpc) is 2.96. The summed E-state index contributed by atoms with van der Waals surface area (Å²) in [5, 5.41) is 9.68. The second-order valence-corrected chi connectivity index (χ2v) is 12.8. The van der Waals surface area contributed by atoms with Crippen LogP contribution in [0.15, 0.2) is 42.5 Å². The van der Waals surface area contributed by atoms with Gasteiger partial charge in [-0.2, -0.15) is 0 Å². The maximum absolute atomic E-state index is 14.2. The molecule has 42 heavy (non-hydrogen) atoms. The quantitative estimate of drug-likeness (QED) is 0.463. The Kier molecular flexibility index (Phi) is 10.4. The van der Waals surface area contributed by atoms with Crippen LogP contribution in [0.5, 0.6) is 5.75 Å². The molecule has 0 aromatic heterocycles. The van der Waals surface area contributed by atoms with Crippen molar-refractivity contribution >= 4 is 35.2 Å². The molecule has 4 rings (SSSR count). The van der Waals surface area contributed by atoms with Crippen LogP contribution < -0.4 is 9.64 Å². The SMILES string of the molecule is COc1ccccc1[C@H]1OCCCN(C(=O)N2CCC(CC(=O)O)CC2)CC(=O)N(CC(C)(C)C)c2ccc(Cl)cc21. The van der Waals surface area contributed by atoms with Gasteiger partial charge in [-0.3, -0.25) is 9.59 Å². The lowest BCUT2D eigenvalue weighted by Gasteiger charge is -2.37. The van der Waals surface area contributed by atoms with Crippen molar-refractivity contribution in [1.82, 2.24) is 9.80 Å². The molecule has 2 aromatic carbocycles. The van der Waals surface area contributed by atoms with Crippen LogP contribution >= 0.6 is 11.6 Å². The molecule has 1 fully saturated rings. The predicted octanol–water partition coefficient (Wildman–Crippen LogP) is 5.85. The van der Waals surface area contributed by atoms with Gasteiger partial charge in [-0.15, -0.1) is 0 Å². The zero-order chi connectivity index (χ0) is 30.4. The maximum atomic E-state index is 14.2. The summed E-state index contributed by atoms with van der Waals surface area (Å²) in [4.78, 5) is 44.1. The van der Waals surface area contributed by atoms with E-state index in [0.29, 0.717) is 68.5 Å². The highest BCUT2D eigenvalue weighted by molar-refractivity contribution is 6.30. The van der Waals surface area contributed by atoms with Crippen LogP contribution in [-0.2, 0) is 14.3 Å². The topological polar surface area (TPSA) is 99.6 Å². The first-order valence-electron chi connectivity index (χ1n) is 14.6. The van der Waals surface area contributed by atoms with E-state index >= 15 is 0 Å². The number of ether oxygens (including phenoxy) is 2. The fourth-order valence-electron chi connectivity index (χ4n) is 5.72. The standard InChI is InChI=1S/C32H42ClN3O6/c1-32(2,3)21-36-26-11-10-23(33)19-25(26)30(24-8-5-6-9-27(24)41-4)42-17-7-14-35(20-28(36)37)31(40)34-15-12-22(13-16-34)18-29(38)39/h5-6,8-11,19,22,30H,7,12-18,20-21H2,1-4H3,(H,38,39)/t30-/m1/s1. The Balaban J connectivity index is 1.69. The summed E-state index contributed by atoms with van der Waals surface area (Å²) in [6.07, 6.45) is 1.34. The van der Waals surface area contributed by atoms with Crippen molar-refractivity contribution < 1.29 is 29.0 Å². The number of carboxylic acids is 1. The first kappa shape index (κ1) is 31.6. The Morgan fingerprint density at radius 3 is 2.43 bits per heavy atom. The van der Waals surface area contributed by atoms with Gasteiger partial charge in [-0.1, -0.05) is 50.6 Å². The average molecular weight is 600 g/mol. The monoisotopic (exact) mass is 599 g/mol. The summed E-state index contributed by atoms with van der Waals surface area (Å²) in [5.41, 5.74) is 2.01. The molecule has 228 valence electrons. The molecule has 0 radical (unpaired) electrons. The number of fused-ring (bicyclic) bond motifs is 1. The van der Waals surface area contributed by atoms with E-state index < -0.39 is 12.1 Å². The molecule has 2 aromatic rings. The number of carbonyl (C=O) groups is 3. The molecular formula is C32H42ClN3O6. The van der Waals surface area contributed by atoms with Crippen LogP contribution in [0.4, 0.5) is 10.5 Å². The fourth-order valence-corrected chi connectivity index (χ4v) is 5.90. The van der Waals surface area contributed by atoms with E-state index in [1.807, 2.05) is 36.4 Å². The molecule has 1 atom stereocenters. The summed E-state index contributed by atoms with van der Waals surface area (Å²) in [6, 6.07) is 12.9. The van der Waals surface area contributed by atoms with Gasteiger partial charge in [-0.25, -0.2) is 4.79 Å². The van der Waals surface area contributed by atoms with E-state index in [2.05, 4.69) is 20.8 Å². The smallest absolute Gasteiger partial charge is 0.320 e. The highest BCUT2D eigenvalue weighted by Crippen LogP contribution is 2.40. The zero-order valence-electron chi connectivity index (χ0n) is 25.0. The summed E-state index contributed by atoms with van der Waals surface area (Å²) in [6.45, 7) is 8.18. The van der Waals surface area contributed by atoms with Gasteiger partial charge in [0.15, 0.2) is 0 Å². The summed E-state index contributed by atoms with van der Waals surface area (Å²) < 4.78 is 12.2. The lowest BCUT2D eigenvalue weighted by molar-refractivity contribution is -0.138. The van der Waals surface area contributed by atoms with Gasteiger partial charge in [0.2, 0.25) is 5.91 Å². The van der Waals surface area contributed by atoms with Gasteiger partial charge in [0.05, 0.1) is 7.11 Å². The van der Waals surface area contributed by atoms with Crippen molar-refractivity contribution in [2.45, 2.75) is 52.6 Å². The number of urea groups is 1. The van der Waals surface area contributed by atoms with E-state index in [1.54, 1.807) is 27.9 Å². The van der Waals surface area contributed by atoms with Gasteiger partial charge >= 0.3 is 12.0 Å². The number of hydrogen-bond acceptors (Lipinski definition) is 5. The number of aliphatic carboxylic acids is 1. The number of methoxy groups -OCH3 is 1. The van der Waals surface area contributed by atoms with Crippen LogP contribution in [0.2, 0.25) is 5.02 Å². The van der Waals surface area contributed by atoms with Crippen molar-refractivity contribution in [1.29, 1.82) is 0 Å². The van der Waals surface area contributed by atoms with Gasteiger partial charge in [-0.05, 0) is 54.9 Å². The molecule has 3 amide bonds.